The first-order chi connectivity index (χ1) is 12.2. The quantitative estimate of drug-likeness (QED) is 0.768. The highest BCUT2D eigenvalue weighted by Gasteiger charge is 2.29. The van der Waals surface area contributed by atoms with Crippen molar-refractivity contribution in [1.29, 1.82) is 0 Å². The average Bonchev–Trinajstić information content (AvgIpc) is 3.48. The number of carbonyl (C=O) groups excluding carboxylic acids is 2. The van der Waals surface area contributed by atoms with Crippen molar-refractivity contribution in [2.24, 2.45) is 5.92 Å². The number of fused-ring (bicyclic) bond motifs is 1. The topological polar surface area (TPSA) is 84.0 Å². The largest absolute Gasteiger partial charge is 0.321 e. The van der Waals surface area contributed by atoms with Crippen molar-refractivity contribution in [2.75, 3.05) is 10.6 Å². The molecule has 0 radical (unpaired) electrons. The van der Waals surface area contributed by atoms with Gasteiger partial charge in [0.25, 0.3) is 5.91 Å². The van der Waals surface area contributed by atoms with E-state index in [0.717, 1.165) is 23.7 Å². The standard InChI is InChI=1S/C19H16N4O2/c24-18(12-6-7-12)23-17-9-8-13(11-21-17)22-19(25)15-3-1-5-16-14(15)4-2-10-20-16/h1-5,8-12H,6-7H2,(H,22,25)(H,21,23,24). The van der Waals surface area contributed by atoms with E-state index in [1.165, 1.54) is 6.20 Å². The number of hydrogen-bond acceptors (Lipinski definition) is 4. The van der Waals surface area contributed by atoms with Gasteiger partial charge in [-0.3, -0.25) is 14.6 Å². The molecule has 2 amide bonds. The molecule has 2 aromatic heterocycles. The van der Waals surface area contributed by atoms with Crippen LogP contribution in [0.1, 0.15) is 23.2 Å². The maximum Gasteiger partial charge on any atom is 0.256 e. The molecule has 1 fully saturated rings. The van der Waals surface area contributed by atoms with Crippen molar-refractivity contribution in [2.45, 2.75) is 12.8 Å². The molecular weight excluding hydrogens is 316 g/mol. The third-order valence-corrected chi connectivity index (χ3v) is 4.11. The van der Waals surface area contributed by atoms with Crippen LogP contribution < -0.4 is 10.6 Å². The molecule has 0 spiro atoms. The zero-order valence-corrected chi connectivity index (χ0v) is 13.4. The Morgan fingerprint density at radius 1 is 0.960 bits per heavy atom. The normalized spacial score (nSPS) is 13.4. The third-order valence-electron chi connectivity index (χ3n) is 4.11. The van der Waals surface area contributed by atoms with Gasteiger partial charge in [-0.25, -0.2) is 4.98 Å². The van der Waals surface area contributed by atoms with Gasteiger partial charge in [0, 0.05) is 23.1 Å². The summed E-state index contributed by atoms with van der Waals surface area (Å²) in [5.41, 5.74) is 1.89. The van der Waals surface area contributed by atoms with Gasteiger partial charge in [0.15, 0.2) is 0 Å². The Hall–Kier alpha value is -3.28. The lowest BCUT2D eigenvalue weighted by atomic mass is 10.1. The maximum atomic E-state index is 12.6. The van der Waals surface area contributed by atoms with E-state index in [4.69, 9.17) is 0 Å². The summed E-state index contributed by atoms with van der Waals surface area (Å²) in [6.45, 7) is 0. The molecule has 25 heavy (non-hydrogen) atoms. The van der Waals surface area contributed by atoms with E-state index in [-0.39, 0.29) is 17.7 Å². The van der Waals surface area contributed by atoms with Crippen molar-refractivity contribution in [3.63, 3.8) is 0 Å². The Labute approximate surface area is 144 Å². The molecule has 1 aliphatic carbocycles. The van der Waals surface area contributed by atoms with Crippen molar-refractivity contribution >= 4 is 34.2 Å². The summed E-state index contributed by atoms with van der Waals surface area (Å²) in [5, 5.41) is 6.39. The summed E-state index contributed by atoms with van der Waals surface area (Å²) in [5.74, 6) is 0.396. The first-order valence-corrected chi connectivity index (χ1v) is 8.13. The molecule has 2 heterocycles. The molecular formula is C19H16N4O2. The SMILES string of the molecule is O=C(Nc1ccc(NC(=O)C2CC2)nc1)c1cccc2ncccc12. The van der Waals surface area contributed by atoms with Gasteiger partial charge in [-0.15, -0.1) is 0 Å². The highest BCUT2D eigenvalue weighted by atomic mass is 16.2. The highest BCUT2D eigenvalue weighted by molar-refractivity contribution is 6.12. The van der Waals surface area contributed by atoms with E-state index in [9.17, 15) is 9.59 Å². The van der Waals surface area contributed by atoms with Gasteiger partial charge in [0.05, 0.1) is 17.4 Å². The Bertz CT molecular complexity index is 944. The number of amides is 2. The molecule has 124 valence electrons. The number of rotatable bonds is 4. The summed E-state index contributed by atoms with van der Waals surface area (Å²) < 4.78 is 0. The number of pyridine rings is 2. The van der Waals surface area contributed by atoms with Crippen LogP contribution in [0.3, 0.4) is 0 Å². The molecule has 3 aromatic rings. The molecule has 0 unspecified atom stereocenters. The minimum Gasteiger partial charge on any atom is -0.321 e. The predicted octanol–water partition coefficient (Wildman–Crippen LogP) is 3.23. The zero-order valence-electron chi connectivity index (χ0n) is 13.4. The molecule has 6 heteroatoms. The lowest BCUT2D eigenvalue weighted by Crippen LogP contribution is -2.15. The fourth-order valence-electron chi connectivity index (χ4n) is 2.62. The minimum absolute atomic E-state index is 0.00698. The van der Waals surface area contributed by atoms with E-state index in [1.807, 2.05) is 12.1 Å². The zero-order chi connectivity index (χ0) is 17.2. The second-order valence-corrected chi connectivity index (χ2v) is 6.03. The van der Waals surface area contributed by atoms with Gasteiger partial charge in [0.2, 0.25) is 5.91 Å². The Morgan fingerprint density at radius 2 is 1.84 bits per heavy atom. The molecule has 0 saturated heterocycles. The molecule has 0 atom stereocenters. The lowest BCUT2D eigenvalue weighted by Gasteiger charge is -2.08. The van der Waals surface area contributed by atoms with Crippen LogP contribution in [0.5, 0.6) is 0 Å². The summed E-state index contributed by atoms with van der Waals surface area (Å²) in [7, 11) is 0. The predicted molar refractivity (Wildman–Crippen MR) is 95.3 cm³/mol. The third kappa shape index (κ3) is 3.33. The number of hydrogen-bond donors (Lipinski definition) is 2. The number of nitrogens with zero attached hydrogens (tertiary/aromatic N) is 2. The number of aromatic nitrogens is 2. The molecule has 1 aromatic carbocycles. The van der Waals surface area contributed by atoms with Gasteiger partial charge in [0.1, 0.15) is 5.82 Å². The summed E-state index contributed by atoms with van der Waals surface area (Å²) >= 11 is 0. The van der Waals surface area contributed by atoms with Crippen molar-refractivity contribution in [3.05, 3.63) is 60.4 Å². The number of anilines is 2. The Kier molecular flexibility index (Phi) is 3.85. The molecule has 4 rings (SSSR count). The first-order valence-electron chi connectivity index (χ1n) is 8.13. The number of nitrogens with one attached hydrogen (secondary N) is 2. The van der Waals surface area contributed by atoms with Crippen LogP contribution in [-0.2, 0) is 4.79 Å². The van der Waals surface area contributed by atoms with E-state index in [1.54, 1.807) is 36.5 Å². The van der Waals surface area contributed by atoms with Crippen LogP contribution in [0.2, 0.25) is 0 Å². The van der Waals surface area contributed by atoms with E-state index in [2.05, 4.69) is 20.6 Å². The molecule has 0 aliphatic heterocycles. The van der Waals surface area contributed by atoms with Gasteiger partial charge in [-0.05, 0) is 43.2 Å². The smallest absolute Gasteiger partial charge is 0.256 e. The fourth-order valence-corrected chi connectivity index (χ4v) is 2.62. The molecule has 6 nitrogen and oxygen atoms in total. The second kappa shape index (κ2) is 6.32. The van der Waals surface area contributed by atoms with Crippen LogP contribution in [-0.4, -0.2) is 21.8 Å². The summed E-state index contributed by atoms with van der Waals surface area (Å²) in [6.07, 6.45) is 5.12. The van der Waals surface area contributed by atoms with Crippen LogP contribution in [0.4, 0.5) is 11.5 Å². The van der Waals surface area contributed by atoms with Crippen LogP contribution in [0.25, 0.3) is 10.9 Å². The van der Waals surface area contributed by atoms with E-state index in [0.29, 0.717) is 17.1 Å². The summed E-state index contributed by atoms with van der Waals surface area (Å²) in [6, 6.07) is 12.5. The van der Waals surface area contributed by atoms with Crippen molar-refractivity contribution < 1.29 is 9.59 Å². The van der Waals surface area contributed by atoms with Crippen molar-refractivity contribution in [1.82, 2.24) is 9.97 Å². The first kappa shape index (κ1) is 15.3. The number of carbonyl (C=O) groups is 2. The second-order valence-electron chi connectivity index (χ2n) is 6.03. The fraction of sp³-hybridized carbons (Fsp3) is 0.158. The van der Waals surface area contributed by atoms with Gasteiger partial charge < -0.3 is 10.6 Å². The molecule has 2 N–H and O–H groups in total. The Morgan fingerprint density at radius 3 is 2.60 bits per heavy atom. The van der Waals surface area contributed by atoms with E-state index < -0.39 is 0 Å². The Balaban J connectivity index is 1.49. The van der Waals surface area contributed by atoms with Crippen LogP contribution in [0.15, 0.2) is 54.9 Å². The summed E-state index contributed by atoms with van der Waals surface area (Å²) in [4.78, 5) is 32.7. The van der Waals surface area contributed by atoms with Gasteiger partial charge >= 0.3 is 0 Å². The van der Waals surface area contributed by atoms with Crippen LogP contribution in [0, 0.1) is 5.92 Å². The van der Waals surface area contributed by atoms with Crippen molar-refractivity contribution in [3.8, 4) is 0 Å². The lowest BCUT2D eigenvalue weighted by molar-refractivity contribution is -0.117. The minimum atomic E-state index is -0.227. The molecule has 0 bridgehead atoms. The molecule has 1 aliphatic rings. The highest BCUT2D eigenvalue weighted by Crippen LogP contribution is 2.30. The number of benzene rings is 1. The molecule has 1 saturated carbocycles. The maximum absolute atomic E-state index is 12.6. The van der Waals surface area contributed by atoms with Crippen LogP contribution >= 0.6 is 0 Å². The van der Waals surface area contributed by atoms with E-state index >= 15 is 0 Å². The van der Waals surface area contributed by atoms with Gasteiger partial charge in [-0.1, -0.05) is 12.1 Å². The monoisotopic (exact) mass is 332 g/mol. The average molecular weight is 332 g/mol. The van der Waals surface area contributed by atoms with Gasteiger partial charge in [-0.2, -0.15) is 0 Å².